The van der Waals surface area contributed by atoms with Crippen LogP contribution in [0.4, 0.5) is 0 Å². The normalized spacial score (nSPS) is 9.95. The van der Waals surface area contributed by atoms with E-state index in [-0.39, 0.29) is 0 Å². The van der Waals surface area contributed by atoms with E-state index in [1.54, 1.807) is 12.4 Å². The average molecular weight is 256 g/mol. The maximum atomic E-state index is 9.39. The van der Waals surface area contributed by atoms with E-state index in [1.165, 1.54) is 0 Å². The highest BCUT2D eigenvalue weighted by atomic mass is 14.6. The van der Waals surface area contributed by atoms with Crippen molar-refractivity contribution in [1.29, 1.82) is 5.26 Å². The van der Waals surface area contributed by atoms with Gasteiger partial charge in [0.25, 0.3) is 0 Å². The summed E-state index contributed by atoms with van der Waals surface area (Å²) in [5, 5.41) is 9.39. The fraction of sp³-hybridized carbons (Fsp3) is 0. The van der Waals surface area contributed by atoms with E-state index in [4.69, 9.17) is 0 Å². The summed E-state index contributed by atoms with van der Waals surface area (Å²) in [6, 6.07) is 22.1. The van der Waals surface area contributed by atoms with Gasteiger partial charge in [0.2, 0.25) is 0 Å². The SMILES string of the molecule is N#Cc1cc(-c2cccnc2)ccc1-c1ccccc1. The fourth-order valence-corrected chi connectivity index (χ4v) is 2.22. The molecule has 0 amide bonds. The van der Waals surface area contributed by atoms with Crippen LogP contribution in [0.5, 0.6) is 0 Å². The third kappa shape index (κ3) is 2.30. The number of benzene rings is 2. The van der Waals surface area contributed by atoms with Gasteiger partial charge in [-0.15, -0.1) is 0 Å². The van der Waals surface area contributed by atoms with Crippen LogP contribution in [0, 0.1) is 11.3 Å². The molecular formula is C18H12N2. The van der Waals surface area contributed by atoms with Crippen LogP contribution in [0.25, 0.3) is 22.3 Å². The number of rotatable bonds is 2. The Morgan fingerprint density at radius 2 is 1.60 bits per heavy atom. The molecular weight excluding hydrogens is 244 g/mol. The molecule has 0 aliphatic carbocycles. The van der Waals surface area contributed by atoms with Crippen LogP contribution in [0.3, 0.4) is 0 Å². The van der Waals surface area contributed by atoms with Crippen LogP contribution in [0.2, 0.25) is 0 Å². The van der Waals surface area contributed by atoms with Gasteiger partial charge in [0.1, 0.15) is 0 Å². The zero-order chi connectivity index (χ0) is 13.8. The summed E-state index contributed by atoms with van der Waals surface area (Å²) in [4.78, 5) is 4.11. The summed E-state index contributed by atoms with van der Waals surface area (Å²) in [5.41, 5.74) is 4.72. The Morgan fingerprint density at radius 1 is 0.800 bits per heavy atom. The number of pyridine rings is 1. The second-order valence-electron chi connectivity index (χ2n) is 4.48. The molecule has 2 heteroatoms. The summed E-state index contributed by atoms with van der Waals surface area (Å²) in [5.74, 6) is 0. The van der Waals surface area contributed by atoms with Crippen LogP contribution in [0.15, 0.2) is 73.1 Å². The van der Waals surface area contributed by atoms with Crippen molar-refractivity contribution in [3.63, 3.8) is 0 Å². The van der Waals surface area contributed by atoms with Crippen LogP contribution >= 0.6 is 0 Å². The van der Waals surface area contributed by atoms with Gasteiger partial charge in [0, 0.05) is 18.0 Å². The summed E-state index contributed by atoms with van der Waals surface area (Å²) in [7, 11) is 0. The molecule has 0 atom stereocenters. The minimum atomic E-state index is 0.678. The van der Waals surface area contributed by atoms with Gasteiger partial charge in [-0.2, -0.15) is 5.26 Å². The molecule has 3 aromatic rings. The lowest BCUT2D eigenvalue weighted by atomic mass is 9.96. The van der Waals surface area contributed by atoms with E-state index in [9.17, 15) is 5.26 Å². The molecule has 2 aromatic carbocycles. The molecule has 2 nitrogen and oxygen atoms in total. The number of aromatic nitrogens is 1. The largest absolute Gasteiger partial charge is 0.264 e. The molecule has 0 radical (unpaired) electrons. The maximum Gasteiger partial charge on any atom is 0.0998 e. The van der Waals surface area contributed by atoms with Crippen molar-refractivity contribution in [3.8, 4) is 28.3 Å². The third-order valence-corrected chi connectivity index (χ3v) is 3.22. The van der Waals surface area contributed by atoms with E-state index in [0.29, 0.717) is 5.56 Å². The Morgan fingerprint density at radius 3 is 2.30 bits per heavy atom. The molecule has 0 saturated heterocycles. The Balaban J connectivity index is 2.11. The lowest BCUT2D eigenvalue weighted by molar-refractivity contribution is 1.33. The van der Waals surface area contributed by atoms with E-state index >= 15 is 0 Å². The minimum absolute atomic E-state index is 0.678. The van der Waals surface area contributed by atoms with Crippen LogP contribution in [0.1, 0.15) is 5.56 Å². The van der Waals surface area contributed by atoms with Crippen molar-refractivity contribution < 1.29 is 0 Å². The van der Waals surface area contributed by atoms with Crippen molar-refractivity contribution in [2.45, 2.75) is 0 Å². The highest BCUT2D eigenvalue weighted by Crippen LogP contribution is 2.28. The van der Waals surface area contributed by atoms with Gasteiger partial charge in [-0.1, -0.05) is 48.5 Å². The van der Waals surface area contributed by atoms with Gasteiger partial charge < -0.3 is 0 Å². The van der Waals surface area contributed by atoms with Gasteiger partial charge >= 0.3 is 0 Å². The minimum Gasteiger partial charge on any atom is -0.264 e. The molecule has 3 rings (SSSR count). The molecule has 20 heavy (non-hydrogen) atoms. The van der Waals surface area contributed by atoms with Crippen LogP contribution in [-0.4, -0.2) is 4.98 Å². The molecule has 1 heterocycles. The first-order valence-electron chi connectivity index (χ1n) is 6.38. The molecule has 0 spiro atoms. The first kappa shape index (κ1) is 12.1. The Hall–Kier alpha value is -2.92. The topological polar surface area (TPSA) is 36.7 Å². The molecule has 0 fully saturated rings. The molecule has 0 unspecified atom stereocenters. The second kappa shape index (κ2) is 5.38. The van der Waals surface area contributed by atoms with Gasteiger partial charge in [0.15, 0.2) is 0 Å². The zero-order valence-corrected chi connectivity index (χ0v) is 10.8. The standard InChI is InChI=1S/C18H12N2/c19-12-17-11-15(16-7-4-10-20-13-16)8-9-18(17)14-5-2-1-3-6-14/h1-11,13H. The van der Waals surface area contributed by atoms with Crippen LogP contribution < -0.4 is 0 Å². The van der Waals surface area contributed by atoms with E-state index in [1.807, 2.05) is 60.7 Å². The average Bonchev–Trinajstić information content (AvgIpc) is 2.56. The highest BCUT2D eigenvalue weighted by Gasteiger charge is 2.07. The highest BCUT2D eigenvalue weighted by molar-refractivity contribution is 5.75. The molecule has 0 N–H and O–H groups in total. The number of hydrogen-bond acceptors (Lipinski definition) is 2. The van der Waals surface area contributed by atoms with E-state index < -0.39 is 0 Å². The molecule has 0 bridgehead atoms. The van der Waals surface area contributed by atoms with Gasteiger partial charge in [-0.25, -0.2) is 0 Å². The summed E-state index contributed by atoms with van der Waals surface area (Å²) in [6.45, 7) is 0. The number of nitriles is 1. The van der Waals surface area contributed by atoms with Gasteiger partial charge in [-0.3, -0.25) is 4.98 Å². The fourth-order valence-electron chi connectivity index (χ4n) is 2.22. The lowest BCUT2D eigenvalue weighted by Crippen LogP contribution is -1.87. The molecule has 0 aliphatic rings. The predicted octanol–water partition coefficient (Wildman–Crippen LogP) is 4.29. The van der Waals surface area contributed by atoms with Gasteiger partial charge in [0.05, 0.1) is 11.6 Å². The zero-order valence-electron chi connectivity index (χ0n) is 10.8. The van der Waals surface area contributed by atoms with Crippen molar-refractivity contribution in [1.82, 2.24) is 4.98 Å². The predicted molar refractivity (Wildman–Crippen MR) is 79.8 cm³/mol. The summed E-state index contributed by atoms with van der Waals surface area (Å²) in [6.07, 6.45) is 3.55. The molecule has 94 valence electrons. The first-order chi connectivity index (χ1) is 9.88. The maximum absolute atomic E-state index is 9.39. The lowest BCUT2D eigenvalue weighted by Gasteiger charge is -2.07. The first-order valence-corrected chi connectivity index (χ1v) is 6.38. The molecule has 1 aromatic heterocycles. The number of nitrogens with zero attached hydrogens (tertiary/aromatic N) is 2. The summed E-state index contributed by atoms with van der Waals surface area (Å²) >= 11 is 0. The van der Waals surface area contributed by atoms with E-state index in [0.717, 1.165) is 22.3 Å². The molecule has 0 aliphatic heterocycles. The molecule has 0 saturated carbocycles. The van der Waals surface area contributed by atoms with Crippen LogP contribution in [-0.2, 0) is 0 Å². The Labute approximate surface area is 118 Å². The second-order valence-corrected chi connectivity index (χ2v) is 4.48. The van der Waals surface area contributed by atoms with Gasteiger partial charge in [-0.05, 0) is 28.8 Å². The van der Waals surface area contributed by atoms with Crippen molar-refractivity contribution in [3.05, 3.63) is 78.6 Å². The van der Waals surface area contributed by atoms with Crippen molar-refractivity contribution in [2.75, 3.05) is 0 Å². The summed E-state index contributed by atoms with van der Waals surface area (Å²) < 4.78 is 0. The van der Waals surface area contributed by atoms with E-state index in [2.05, 4.69) is 11.1 Å². The Kier molecular flexibility index (Phi) is 3.26. The number of hydrogen-bond donors (Lipinski definition) is 0. The monoisotopic (exact) mass is 256 g/mol. The van der Waals surface area contributed by atoms with Crippen molar-refractivity contribution >= 4 is 0 Å². The van der Waals surface area contributed by atoms with Crippen molar-refractivity contribution in [2.24, 2.45) is 0 Å². The Bertz CT molecular complexity index is 756. The quantitative estimate of drug-likeness (QED) is 0.686. The smallest absolute Gasteiger partial charge is 0.0998 e. The third-order valence-electron chi connectivity index (χ3n) is 3.22.